The predicted molar refractivity (Wildman–Crippen MR) is 63.9 cm³/mol. The van der Waals surface area contributed by atoms with Crippen LogP contribution in [0.2, 0.25) is 0 Å². The highest BCUT2D eigenvalue weighted by Crippen LogP contribution is 2.23. The van der Waals surface area contributed by atoms with Crippen molar-refractivity contribution in [2.75, 3.05) is 18.6 Å². The van der Waals surface area contributed by atoms with E-state index in [4.69, 9.17) is 0 Å². The van der Waals surface area contributed by atoms with E-state index in [2.05, 4.69) is 4.98 Å². The minimum atomic E-state index is -0.375. The molecule has 1 aromatic rings. The topological polar surface area (TPSA) is 53.4 Å². The second-order valence-electron chi connectivity index (χ2n) is 4.56. The molecule has 0 aliphatic rings. The lowest BCUT2D eigenvalue weighted by Gasteiger charge is -2.35. The van der Waals surface area contributed by atoms with Crippen molar-refractivity contribution in [3.05, 3.63) is 23.4 Å². The Bertz CT molecular complexity index is 389. The molecule has 0 bridgehead atoms. The van der Waals surface area contributed by atoms with E-state index in [0.717, 1.165) is 17.7 Å². The van der Waals surface area contributed by atoms with Gasteiger partial charge in [-0.05, 0) is 32.4 Å². The van der Waals surface area contributed by atoms with Gasteiger partial charge in [-0.3, -0.25) is 4.79 Å². The molecule has 0 aliphatic heterocycles. The molecule has 0 amide bonds. The largest absolute Gasteiger partial charge is 0.394 e. The number of anilines is 1. The molecule has 0 unspecified atom stereocenters. The number of aldehydes is 1. The molecular formula is C12H18N2O2. The molecule has 16 heavy (non-hydrogen) atoms. The summed E-state index contributed by atoms with van der Waals surface area (Å²) in [6, 6.07) is 1.79. The van der Waals surface area contributed by atoms with Gasteiger partial charge in [-0.25, -0.2) is 4.98 Å². The number of carbonyl (C=O) groups excluding carboxylic acids is 1. The predicted octanol–water partition coefficient (Wildman–Crippen LogP) is 1.41. The van der Waals surface area contributed by atoms with Crippen LogP contribution >= 0.6 is 0 Å². The van der Waals surface area contributed by atoms with Crippen molar-refractivity contribution in [1.29, 1.82) is 0 Å². The summed E-state index contributed by atoms with van der Waals surface area (Å²) in [6.07, 6.45) is 2.32. The van der Waals surface area contributed by atoms with Crippen LogP contribution in [0.25, 0.3) is 0 Å². The normalized spacial score (nSPS) is 11.3. The number of aliphatic hydroxyl groups excluding tert-OH is 1. The van der Waals surface area contributed by atoms with Crippen LogP contribution in [0.4, 0.5) is 5.82 Å². The standard InChI is InChI=1S/C12H18N2O2/c1-9-5-10(7-15)6-13-11(9)14(4)12(2,3)8-16/h5-7,16H,8H2,1-4H3. The van der Waals surface area contributed by atoms with Gasteiger partial charge in [0.2, 0.25) is 0 Å². The van der Waals surface area contributed by atoms with E-state index >= 15 is 0 Å². The van der Waals surface area contributed by atoms with Gasteiger partial charge in [0, 0.05) is 18.8 Å². The molecule has 1 heterocycles. The number of hydrogen-bond donors (Lipinski definition) is 1. The highest BCUT2D eigenvalue weighted by Gasteiger charge is 2.24. The lowest BCUT2D eigenvalue weighted by atomic mass is 10.0. The molecule has 0 radical (unpaired) electrons. The molecule has 1 N–H and O–H groups in total. The molecule has 0 aliphatic carbocycles. The zero-order chi connectivity index (χ0) is 12.3. The third-order valence-corrected chi connectivity index (χ3v) is 2.82. The maximum atomic E-state index is 10.6. The maximum absolute atomic E-state index is 10.6. The Morgan fingerprint density at radius 2 is 2.19 bits per heavy atom. The molecule has 88 valence electrons. The van der Waals surface area contributed by atoms with Crippen LogP contribution in [-0.4, -0.2) is 35.6 Å². The fraction of sp³-hybridized carbons (Fsp3) is 0.500. The van der Waals surface area contributed by atoms with Gasteiger partial charge in [-0.1, -0.05) is 0 Å². The zero-order valence-corrected chi connectivity index (χ0v) is 10.2. The average Bonchev–Trinajstić information content (AvgIpc) is 2.28. The number of nitrogens with zero attached hydrogens (tertiary/aromatic N) is 2. The van der Waals surface area contributed by atoms with Crippen LogP contribution in [0.1, 0.15) is 29.8 Å². The Labute approximate surface area is 95.9 Å². The molecule has 4 heteroatoms. The first-order valence-electron chi connectivity index (χ1n) is 5.19. The first kappa shape index (κ1) is 12.6. The molecule has 4 nitrogen and oxygen atoms in total. The van der Waals surface area contributed by atoms with E-state index in [-0.39, 0.29) is 12.1 Å². The Morgan fingerprint density at radius 3 is 2.62 bits per heavy atom. The maximum Gasteiger partial charge on any atom is 0.151 e. The van der Waals surface area contributed by atoms with Crippen molar-refractivity contribution in [2.45, 2.75) is 26.3 Å². The van der Waals surface area contributed by atoms with Gasteiger partial charge in [0.1, 0.15) is 5.82 Å². The van der Waals surface area contributed by atoms with E-state index in [1.807, 2.05) is 32.7 Å². The van der Waals surface area contributed by atoms with Crippen molar-refractivity contribution in [2.24, 2.45) is 0 Å². The van der Waals surface area contributed by atoms with Crippen molar-refractivity contribution in [3.8, 4) is 0 Å². The van der Waals surface area contributed by atoms with E-state index in [1.54, 1.807) is 12.3 Å². The van der Waals surface area contributed by atoms with Gasteiger partial charge in [0.05, 0.1) is 12.1 Å². The van der Waals surface area contributed by atoms with Crippen LogP contribution in [0.3, 0.4) is 0 Å². The molecule has 1 aromatic heterocycles. The van der Waals surface area contributed by atoms with Crippen LogP contribution in [0.5, 0.6) is 0 Å². The highest BCUT2D eigenvalue weighted by molar-refractivity contribution is 5.75. The number of aromatic nitrogens is 1. The minimum absolute atomic E-state index is 0.0417. The summed E-state index contributed by atoms with van der Waals surface area (Å²) in [4.78, 5) is 16.8. The Kier molecular flexibility index (Phi) is 3.65. The molecular weight excluding hydrogens is 204 g/mol. The average molecular weight is 222 g/mol. The fourth-order valence-corrected chi connectivity index (χ4v) is 1.40. The molecule has 0 fully saturated rings. The molecule has 0 saturated heterocycles. The summed E-state index contributed by atoms with van der Waals surface area (Å²) in [5.41, 5.74) is 1.12. The minimum Gasteiger partial charge on any atom is -0.394 e. The Balaban J connectivity index is 3.09. The van der Waals surface area contributed by atoms with Crippen LogP contribution in [0.15, 0.2) is 12.3 Å². The van der Waals surface area contributed by atoms with Gasteiger partial charge in [-0.15, -0.1) is 0 Å². The summed E-state index contributed by atoms with van der Waals surface area (Å²) in [5, 5.41) is 9.29. The van der Waals surface area contributed by atoms with Crippen molar-refractivity contribution in [3.63, 3.8) is 0 Å². The van der Waals surface area contributed by atoms with E-state index in [0.29, 0.717) is 5.56 Å². The summed E-state index contributed by atoms with van der Waals surface area (Å²) in [5.74, 6) is 0.782. The van der Waals surface area contributed by atoms with Crippen molar-refractivity contribution < 1.29 is 9.90 Å². The van der Waals surface area contributed by atoms with Gasteiger partial charge in [0.25, 0.3) is 0 Å². The molecule has 0 saturated carbocycles. The number of likely N-dealkylation sites (N-methyl/N-ethyl adjacent to an activating group) is 1. The lowest BCUT2D eigenvalue weighted by Crippen LogP contribution is -2.45. The van der Waals surface area contributed by atoms with Gasteiger partial charge < -0.3 is 10.0 Å². The van der Waals surface area contributed by atoms with E-state index in [9.17, 15) is 9.90 Å². The number of pyridine rings is 1. The second kappa shape index (κ2) is 4.61. The van der Waals surface area contributed by atoms with E-state index in [1.165, 1.54) is 0 Å². The van der Waals surface area contributed by atoms with E-state index < -0.39 is 0 Å². The third kappa shape index (κ3) is 2.39. The quantitative estimate of drug-likeness (QED) is 0.783. The first-order valence-corrected chi connectivity index (χ1v) is 5.19. The van der Waals surface area contributed by atoms with Crippen molar-refractivity contribution in [1.82, 2.24) is 4.98 Å². The van der Waals surface area contributed by atoms with Crippen LogP contribution < -0.4 is 4.90 Å². The van der Waals surface area contributed by atoms with Gasteiger partial charge in [-0.2, -0.15) is 0 Å². The number of aliphatic hydroxyl groups is 1. The number of hydrogen-bond acceptors (Lipinski definition) is 4. The van der Waals surface area contributed by atoms with Gasteiger partial charge in [0.15, 0.2) is 6.29 Å². The molecule has 1 rings (SSSR count). The monoisotopic (exact) mass is 222 g/mol. The first-order chi connectivity index (χ1) is 7.42. The van der Waals surface area contributed by atoms with Gasteiger partial charge >= 0.3 is 0 Å². The summed E-state index contributed by atoms with van der Waals surface area (Å²) in [6.45, 7) is 5.81. The smallest absolute Gasteiger partial charge is 0.151 e. The number of carbonyl (C=O) groups is 1. The molecule has 0 atom stereocenters. The third-order valence-electron chi connectivity index (χ3n) is 2.82. The van der Waals surface area contributed by atoms with Crippen molar-refractivity contribution >= 4 is 12.1 Å². The SMILES string of the molecule is Cc1cc(C=O)cnc1N(C)C(C)(C)CO. The number of aryl methyl sites for hydroxylation is 1. The summed E-state index contributed by atoms with van der Waals surface area (Å²) < 4.78 is 0. The fourth-order valence-electron chi connectivity index (χ4n) is 1.40. The highest BCUT2D eigenvalue weighted by atomic mass is 16.3. The van der Waals surface area contributed by atoms with Crippen LogP contribution in [0, 0.1) is 6.92 Å². The Hall–Kier alpha value is -1.42. The second-order valence-corrected chi connectivity index (χ2v) is 4.56. The summed E-state index contributed by atoms with van der Waals surface area (Å²) >= 11 is 0. The lowest BCUT2D eigenvalue weighted by molar-refractivity contribution is 0.112. The zero-order valence-electron chi connectivity index (χ0n) is 10.2. The molecule has 0 spiro atoms. The summed E-state index contributed by atoms with van der Waals surface area (Å²) in [7, 11) is 1.88. The van der Waals surface area contributed by atoms with Crippen LogP contribution in [-0.2, 0) is 0 Å². The molecule has 0 aromatic carbocycles. The number of rotatable bonds is 4. The Morgan fingerprint density at radius 1 is 1.56 bits per heavy atom.